The maximum atomic E-state index is 13.3. The Labute approximate surface area is 225 Å². The fraction of sp³-hybridized carbons (Fsp3) is 0.704. The topological polar surface area (TPSA) is 147 Å². The molecule has 0 saturated carbocycles. The molecule has 204 valence electrons. The van der Waals surface area contributed by atoms with E-state index in [2.05, 4.69) is 58.7 Å². The summed E-state index contributed by atoms with van der Waals surface area (Å²) in [5, 5.41) is 37.1. The van der Waals surface area contributed by atoms with E-state index in [0.29, 0.717) is 0 Å². The van der Waals surface area contributed by atoms with Crippen LogP contribution in [0.3, 0.4) is 0 Å². The van der Waals surface area contributed by atoms with Gasteiger partial charge in [-0.3, -0.25) is 10.1 Å². The van der Waals surface area contributed by atoms with Gasteiger partial charge in [0, 0.05) is 35.9 Å². The Balaban J connectivity index is 1.36. The fourth-order valence-electron chi connectivity index (χ4n) is 5.62. The molecule has 10 heteroatoms. The summed E-state index contributed by atoms with van der Waals surface area (Å²) in [6.07, 6.45) is 9.83. The Morgan fingerprint density at radius 2 is 2.19 bits per heavy atom. The highest BCUT2D eigenvalue weighted by Crippen LogP contribution is 2.38. The minimum atomic E-state index is -0.773. The summed E-state index contributed by atoms with van der Waals surface area (Å²) in [4.78, 5) is 13.3. The first kappa shape index (κ1) is 28.1. The summed E-state index contributed by atoms with van der Waals surface area (Å²) in [5.74, 6) is 0.192. The third-order valence-corrected chi connectivity index (χ3v) is 9.77. The fourth-order valence-corrected chi connectivity index (χ4v) is 7.09. The van der Waals surface area contributed by atoms with Gasteiger partial charge in [0.15, 0.2) is 0 Å². The van der Waals surface area contributed by atoms with Crippen LogP contribution in [0, 0.1) is 34.5 Å². The molecule has 2 aliphatic carbocycles. The SMILES string of the molecule is CCNC1CNC2SC(C(=O)NC3=CC(NC(O)C4C=CCC(C(C)(C)C#N)C4)=CCC3C)C(N)C2N1. The number of hydrogen-bond donors (Lipinski definition) is 7. The summed E-state index contributed by atoms with van der Waals surface area (Å²) in [6, 6.07) is 2.12. The zero-order valence-electron chi connectivity index (χ0n) is 22.3. The largest absolute Gasteiger partial charge is 0.373 e. The highest BCUT2D eigenvalue weighted by atomic mass is 32.2. The highest BCUT2D eigenvalue weighted by Gasteiger charge is 2.48. The van der Waals surface area contributed by atoms with Gasteiger partial charge in [0.05, 0.1) is 23.0 Å². The lowest BCUT2D eigenvalue weighted by Crippen LogP contribution is -2.66. The third kappa shape index (κ3) is 6.41. The maximum absolute atomic E-state index is 13.3. The van der Waals surface area contributed by atoms with E-state index in [1.54, 1.807) is 11.8 Å². The van der Waals surface area contributed by atoms with Gasteiger partial charge < -0.3 is 32.1 Å². The minimum absolute atomic E-state index is 0.0157. The van der Waals surface area contributed by atoms with E-state index in [-0.39, 0.29) is 52.5 Å². The predicted molar refractivity (Wildman–Crippen MR) is 148 cm³/mol. The van der Waals surface area contributed by atoms with Crippen LogP contribution in [0.25, 0.3) is 0 Å². The number of nitrogens with one attached hydrogen (secondary N) is 5. The molecule has 4 aliphatic rings. The van der Waals surface area contributed by atoms with Crippen molar-refractivity contribution in [1.29, 1.82) is 5.26 Å². The molecule has 0 aromatic heterocycles. The summed E-state index contributed by atoms with van der Waals surface area (Å²) in [7, 11) is 0. The average Bonchev–Trinajstić information content (AvgIpc) is 3.22. The normalized spacial score (nSPS) is 36.6. The summed E-state index contributed by atoms with van der Waals surface area (Å²) < 4.78 is 0. The molecule has 1 amide bonds. The zero-order chi connectivity index (χ0) is 26.7. The van der Waals surface area contributed by atoms with E-state index in [1.807, 2.05) is 26.0 Å². The van der Waals surface area contributed by atoms with E-state index < -0.39 is 11.6 Å². The number of fused-ring (bicyclic) bond motifs is 1. The van der Waals surface area contributed by atoms with E-state index >= 15 is 0 Å². The number of likely N-dealkylation sites (N-methyl/N-ethyl adjacent to an activating group) is 1. The van der Waals surface area contributed by atoms with Crippen LogP contribution in [0.1, 0.15) is 47.0 Å². The number of thioether (sulfide) groups is 1. The molecule has 9 unspecified atom stereocenters. The van der Waals surface area contributed by atoms with Crippen molar-refractivity contribution in [2.45, 2.75) is 82.1 Å². The van der Waals surface area contributed by atoms with Crippen LogP contribution in [0.4, 0.5) is 0 Å². The number of nitrogens with two attached hydrogens (primary N) is 1. The number of nitrogens with zero attached hydrogens (tertiary/aromatic N) is 1. The second-order valence-corrected chi connectivity index (χ2v) is 12.6. The lowest BCUT2D eigenvalue weighted by atomic mass is 9.71. The minimum Gasteiger partial charge on any atom is -0.373 e. The molecule has 0 radical (unpaired) electrons. The first-order valence-corrected chi connectivity index (χ1v) is 14.5. The molecular weight excluding hydrogens is 486 g/mol. The van der Waals surface area contributed by atoms with E-state index in [1.165, 1.54) is 0 Å². The zero-order valence-corrected chi connectivity index (χ0v) is 23.1. The maximum Gasteiger partial charge on any atom is 0.238 e. The Morgan fingerprint density at radius 1 is 1.41 bits per heavy atom. The number of rotatable bonds is 8. The van der Waals surface area contributed by atoms with Gasteiger partial charge in [-0.25, -0.2) is 0 Å². The van der Waals surface area contributed by atoms with E-state index in [0.717, 1.165) is 43.7 Å². The van der Waals surface area contributed by atoms with Crippen LogP contribution in [0.15, 0.2) is 35.7 Å². The number of nitriles is 1. The number of aliphatic hydroxyl groups excluding tert-OH is 1. The molecule has 2 saturated heterocycles. The molecule has 0 bridgehead atoms. The molecule has 2 heterocycles. The molecular formula is C27H43N7O2S. The standard InChI is InChI=1S/C27H43N7O2S/c1-5-30-20-13-31-26-22(34-20)21(29)23(37-26)25(36)33-19-12-18(10-9-15(19)2)32-24(35)16-7-6-8-17(11-16)27(3,4)14-28/h6-7,10,12,15-17,20-24,26,30-32,34-35H,5,8-9,11,13,29H2,1-4H3,(H,33,36). The molecule has 2 fully saturated rings. The number of piperazine rings is 1. The number of aliphatic hydroxyl groups is 1. The molecule has 8 N–H and O–H groups in total. The van der Waals surface area contributed by atoms with Crippen LogP contribution < -0.4 is 32.3 Å². The van der Waals surface area contributed by atoms with E-state index in [4.69, 9.17) is 5.73 Å². The molecule has 37 heavy (non-hydrogen) atoms. The molecule has 0 aromatic rings. The average molecular weight is 530 g/mol. The van der Waals surface area contributed by atoms with Crippen molar-refractivity contribution in [3.8, 4) is 6.07 Å². The van der Waals surface area contributed by atoms with Gasteiger partial charge in [-0.2, -0.15) is 5.26 Å². The monoisotopic (exact) mass is 529 g/mol. The second kappa shape index (κ2) is 11.9. The summed E-state index contributed by atoms with van der Waals surface area (Å²) >= 11 is 1.59. The third-order valence-electron chi connectivity index (χ3n) is 8.20. The molecule has 0 aromatic carbocycles. The van der Waals surface area contributed by atoms with Crippen molar-refractivity contribution in [3.05, 3.63) is 35.7 Å². The molecule has 4 rings (SSSR count). The van der Waals surface area contributed by atoms with Crippen LogP contribution in [-0.4, -0.2) is 59.2 Å². The van der Waals surface area contributed by atoms with Gasteiger partial charge in [-0.1, -0.05) is 32.1 Å². The number of hydrogen-bond acceptors (Lipinski definition) is 9. The lowest BCUT2D eigenvalue weighted by Gasteiger charge is -2.35. The van der Waals surface area contributed by atoms with Crippen molar-refractivity contribution in [3.63, 3.8) is 0 Å². The highest BCUT2D eigenvalue weighted by molar-refractivity contribution is 8.01. The van der Waals surface area contributed by atoms with Crippen LogP contribution >= 0.6 is 11.8 Å². The Morgan fingerprint density at radius 3 is 2.92 bits per heavy atom. The van der Waals surface area contributed by atoms with E-state index in [9.17, 15) is 15.2 Å². The first-order valence-electron chi connectivity index (χ1n) is 13.5. The van der Waals surface area contributed by atoms with Crippen molar-refractivity contribution in [2.75, 3.05) is 13.1 Å². The van der Waals surface area contributed by atoms with Gasteiger partial charge in [0.25, 0.3) is 0 Å². The number of allylic oxidation sites excluding steroid dienone is 4. The summed E-state index contributed by atoms with van der Waals surface area (Å²) in [5.41, 5.74) is 7.74. The van der Waals surface area contributed by atoms with Gasteiger partial charge in [0.2, 0.25) is 5.91 Å². The van der Waals surface area contributed by atoms with Crippen molar-refractivity contribution < 1.29 is 9.90 Å². The second-order valence-electron chi connectivity index (χ2n) is 11.3. The van der Waals surface area contributed by atoms with Crippen LogP contribution in [-0.2, 0) is 4.79 Å². The Bertz CT molecular complexity index is 974. The van der Waals surface area contributed by atoms with Gasteiger partial charge in [0.1, 0.15) is 11.5 Å². The van der Waals surface area contributed by atoms with Gasteiger partial charge in [-0.05, 0) is 57.6 Å². The van der Waals surface area contributed by atoms with Crippen LogP contribution in [0.2, 0.25) is 0 Å². The molecule has 2 aliphatic heterocycles. The number of carbonyl (C=O) groups excluding carboxylic acids is 1. The van der Waals surface area contributed by atoms with Gasteiger partial charge in [-0.15, -0.1) is 11.8 Å². The molecule has 9 atom stereocenters. The Kier molecular flexibility index (Phi) is 9.04. The van der Waals surface area contributed by atoms with Crippen molar-refractivity contribution >= 4 is 17.7 Å². The van der Waals surface area contributed by atoms with Gasteiger partial charge >= 0.3 is 0 Å². The molecule has 9 nitrogen and oxygen atoms in total. The van der Waals surface area contributed by atoms with Crippen molar-refractivity contribution in [1.82, 2.24) is 26.6 Å². The van der Waals surface area contributed by atoms with Crippen molar-refractivity contribution in [2.24, 2.45) is 28.9 Å². The number of carbonyl (C=O) groups is 1. The van der Waals surface area contributed by atoms with Crippen LogP contribution in [0.5, 0.6) is 0 Å². The molecule has 0 spiro atoms. The summed E-state index contributed by atoms with van der Waals surface area (Å²) in [6.45, 7) is 9.74. The first-order chi connectivity index (χ1) is 17.6. The Hall–Kier alpha value is -1.87. The predicted octanol–water partition coefficient (Wildman–Crippen LogP) is 1.22. The smallest absolute Gasteiger partial charge is 0.238 e. The lowest BCUT2D eigenvalue weighted by molar-refractivity contribution is -0.120. The number of amides is 1. The quantitative estimate of drug-likeness (QED) is 0.182.